The number of amides is 1. The molecule has 0 unspecified atom stereocenters. The van der Waals surface area contributed by atoms with Gasteiger partial charge in [0.25, 0.3) is 0 Å². The van der Waals surface area contributed by atoms with E-state index < -0.39 is 0 Å². The molecule has 0 aromatic carbocycles. The van der Waals surface area contributed by atoms with Crippen molar-refractivity contribution in [1.29, 1.82) is 0 Å². The van der Waals surface area contributed by atoms with Crippen molar-refractivity contribution in [2.24, 2.45) is 7.05 Å². The molecule has 0 fully saturated rings. The van der Waals surface area contributed by atoms with Crippen LogP contribution in [0.1, 0.15) is 32.9 Å². The van der Waals surface area contributed by atoms with E-state index in [0.717, 1.165) is 23.3 Å². The van der Waals surface area contributed by atoms with Gasteiger partial charge in [-0.1, -0.05) is 6.92 Å². The smallest absolute Gasteiger partial charge is 0.221 e. The molecular weight excluding hydrogens is 256 g/mol. The number of hydrogen-bond acceptors (Lipinski definition) is 4. The van der Waals surface area contributed by atoms with E-state index in [4.69, 9.17) is 5.73 Å². The molecule has 0 aliphatic rings. The maximum atomic E-state index is 11.7. The van der Waals surface area contributed by atoms with Gasteiger partial charge in [0.2, 0.25) is 11.9 Å². The zero-order valence-electron chi connectivity index (χ0n) is 12.5. The third-order valence-corrected chi connectivity index (χ3v) is 3.17. The van der Waals surface area contributed by atoms with E-state index in [-0.39, 0.29) is 11.9 Å². The molecule has 2 aromatic rings. The number of hydrogen-bond donors (Lipinski definition) is 2. The molecule has 0 aliphatic heterocycles. The number of imidazole rings is 1. The van der Waals surface area contributed by atoms with Crippen LogP contribution in [-0.4, -0.2) is 31.3 Å². The maximum Gasteiger partial charge on any atom is 0.221 e. The van der Waals surface area contributed by atoms with E-state index in [1.54, 1.807) is 4.68 Å². The number of nitrogens with one attached hydrogen (secondary N) is 1. The van der Waals surface area contributed by atoms with E-state index in [0.29, 0.717) is 18.9 Å². The van der Waals surface area contributed by atoms with Crippen LogP contribution in [0.4, 0.5) is 5.95 Å². The fourth-order valence-electron chi connectivity index (χ4n) is 2.32. The molecule has 0 atom stereocenters. The molecule has 110 valence electrons. The van der Waals surface area contributed by atoms with Crippen LogP contribution >= 0.6 is 0 Å². The molecule has 2 rings (SSSR count). The Hall–Kier alpha value is -2.05. The van der Waals surface area contributed by atoms with Gasteiger partial charge in [-0.3, -0.25) is 14.0 Å². The fourth-order valence-corrected chi connectivity index (χ4v) is 2.32. The minimum Gasteiger partial charge on any atom is -0.369 e. The van der Waals surface area contributed by atoms with E-state index in [1.807, 2.05) is 32.4 Å². The summed E-state index contributed by atoms with van der Waals surface area (Å²) in [6.07, 6.45) is 1.18. The molecule has 20 heavy (non-hydrogen) atoms. The highest BCUT2D eigenvalue weighted by Gasteiger charge is 2.17. The standard InChI is InChI=1S/C13H22N6O/c1-5-9-11-12(18(4)17-9)19(13(14)16-11)7-6-10(20)15-8(2)3/h8H,5-7H2,1-4H3,(H2,14,16)(H,15,20). The first-order chi connectivity index (χ1) is 9.43. The number of fused-ring (bicyclic) bond motifs is 1. The second kappa shape index (κ2) is 5.52. The van der Waals surface area contributed by atoms with Gasteiger partial charge in [-0.15, -0.1) is 0 Å². The van der Waals surface area contributed by atoms with Gasteiger partial charge in [-0.2, -0.15) is 5.10 Å². The average molecular weight is 278 g/mol. The van der Waals surface area contributed by atoms with Crippen molar-refractivity contribution >= 4 is 23.0 Å². The van der Waals surface area contributed by atoms with Crippen LogP contribution < -0.4 is 11.1 Å². The predicted octanol–water partition coefficient (Wildman–Crippen LogP) is 0.829. The van der Waals surface area contributed by atoms with Crippen molar-refractivity contribution in [3.63, 3.8) is 0 Å². The molecule has 7 nitrogen and oxygen atoms in total. The van der Waals surface area contributed by atoms with Gasteiger partial charge < -0.3 is 11.1 Å². The summed E-state index contributed by atoms with van der Waals surface area (Å²) in [7, 11) is 1.87. The molecule has 3 N–H and O–H groups in total. The topological polar surface area (TPSA) is 90.8 Å². The summed E-state index contributed by atoms with van der Waals surface area (Å²) in [5, 5.41) is 7.29. The lowest BCUT2D eigenvalue weighted by molar-refractivity contribution is -0.121. The second-order valence-corrected chi connectivity index (χ2v) is 5.19. The molecule has 0 saturated heterocycles. The molecular formula is C13H22N6O. The number of nitrogens with two attached hydrogens (primary N) is 1. The Bertz CT molecular complexity index is 624. The van der Waals surface area contributed by atoms with Gasteiger partial charge in [0.1, 0.15) is 5.52 Å². The molecule has 0 spiro atoms. The summed E-state index contributed by atoms with van der Waals surface area (Å²) in [5.74, 6) is 0.444. The number of carbonyl (C=O) groups is 1. The van der Waals surface area contributed by atoms with Crippen molar-refractivity contribution < 1.29 is 4.79 Å². The van der Waals surface area contributed by atoms with Gasteiger partial charge in [-0.05, 0) is 20.3 Å². The molecule has 2 aromatic heterocycles. The summed E-state index contributed by atoms with van der Waals surface area (Å²) in [4.78, 5) is 16.1. The molecule has 7 heteroatoms. The summed E-state index contributed by atoms with van der Waals surface area (Å²) >= 11 is 0. The zero-order valence-corrected chi connectivity index (χ0v) is 12.5. The summed E-state index contributed by atoms with van der Waals surface area (Å²) < 4.78 is 3.62. The Balaban J connectivity index is 2.24. The maximum absolute atomic E-state index is 11.7. The number of aryl methyl sites for hydroxylation is 3. The number of rotatable bonds is 5. The monoisotopic (exact) mass is 278 g/mol. The lowest BCUT2D eigenvalue weighted by Crippen LogP contribution is -2.30. The quantitative estimate of drug-likeness (QED) is 0.847. The Morgan fingerprint density at radius 2 is 2.15 bits per heavy atom. The Kier molecular flexibility index (Phi) is 3.96. The van der Waals surface area contributed by atoms with Crippen LogP contribution in [0.3, 0.4) is 0 Å². The lowest BCUT2D eigenvalue weighted by Gasteiger charge is -2.10. The van der Waals surface area contributed by atoms with Crippen LogP contribution in [0.2, 0.25) is 0 Å². The van der Waals surface area contributed by atoms with Gasteiger partial charge in [0.15, 0.2) is 5.65 Å². The van der Waals surface area contributed by atoms with Crippen molar-refractivity contribution in [2.75, 3.05) is 5.73 Å². The molecule has 0 radical (unpaired) electrons. The third kappa shape index (κ3) is 2.61. The Morgan fingerprint density at radius 3 is 2.75 bits per heavy atom. The highest BCUT2D eigenvalue weighted by atomic mass is 16.1. The first-order valence-corrected chi connectivity index (χ1v) is 6.91. The van der Waals surface area contributed by atoms with Crippen molar-refractivity contribution in [3.05, 3.63) is 5.69 Å². The molecule has 2 heterocycles. The van der Waals surface area contributed by atoms with E-state index in [1.165, 1.54) is 0 Å². The lowest BCUT2D eigenvalue weighted by atomic mass is 10.3. The summed E-state index contributed by atoms with van der Waals surface area (Å²) in [5.41, 5.74) is 8.59. The number of nitrogens with zero attached hydrogens (tertiary/aromatic N) is 4. The van der Waals surface area contributed by atoms with E-state index >= 15 is 0 Å². The highest BCUT2D eigenvalue weighted by Crippen LogP contribution is 2.21. The van der Waals surface area contributed by atoms with Crippen LogP contribution in [-0.2, 0) is 24.8 Å². The largest absolute Gasteiger partial charge is 0.369 e. The molecule has 0 saturated carbocycles. The van der Waals surface area contributed by atoms with Gasteiger partial charge in [0.05, 0.1) is 5.69 Å². The van der Waals surface area contributed by atoms with Crippen LogP contribution in [0.25, 0.3) is 11.2 Å². The third-order valence-electron chi connectivity index (χ3n) is 3.17. The molecule has 0 bridgehead atoms. The Labute approximate surface area is 118 Å². The van der Waals surface area contributed by atoms with Gasteiger partial charge >= 0.3 is 0 Å². The molecule has 1 amide bonds. The molecule has 0 aliphatic carbocycles. The predicted molar refractivity (Wildman–Crippen MR) is 78.2 cm³/mol. The summed E-state index contributed by atoms with van der Waals surface area (Å²) in [6.45, 7) is 6.42. The average Bonchev–Trinajstić information content (AvgIpc) is 2.83. The number of aromatic nitrogens is 4. The van der Waals surface area contributed by atoms with E-state index in [9.17, 15) is 4.79 Å². The van der Waals surface area contributed by atoms with Crippen LogP contribution in [0, 0.1) is 0 Å². The number of anilines is 1. The second-order valence-electron chi connectivity index (χ2n) is 5.19. The normalized spacial score (nSPS) is 11.4. The minimum atomic E-state index is 0.0131. The van der Waals surface area contributed by atoms with Gasteiger partial charge in [0, 0.05) is 26.1 Å². The van der Waals surface area contributed by atoms with Crippen molar-refractivity contribution in [2.45, 2.75) is 46.2 Å². The SMILES string of the molecule is CCc1nn(C)c2c1nc(N)n2CCC(=O)NC(C)C. The van der Waals surface area contributed by atoms with E-state index in [2.05, 4.69) is 15.4 Å². The number of carbonyl (C=O) groups excluding carboxylic acids is 1. The van der Waals surface area contributed by atoms with Crippen molar-refractivity contribution in [1.82, 2.24) is 24.6 Å². The Morgan fingerprint density at radius 1 is 1.45 bits per heavy atom. The minimum absolute atomic E-state index is 0.0131. The van der Waals surface area contributed by atoms with Crippen LogP contribution in [0.15, 0.2) is 0 Å². The zero-order chi connectivity index (χ0) is 14.9. The summed E-state index contributed by atoms with van der Waals surface area (Å²) in [6, 6.07) is 0.144. The highest BCUT2D eigenvalue weighted by molar-refractivity contribution is 5.79. The van der Waals surface area contributed by atoms with Crippen molar-refractivity contribution in [3.8, 4) is 0 Å². The first kappa shape index (κ1) is 14.4. The number of nitrogen functional groups attached to an aromatic ring is 1. The first-order valence-electron chi connectivity index (χ1n) is 6.91. The van der Waals surface area contributed by atoms with Gasteiger partial charge in [-0.25, -0.2) is 4.98 Å². The van der Waals surface area contributed by atoms with Crippen LogP contribution in [0.5, 0.6) is 0 Å². The fraction of sp³-hybridized carbons (Fsp3) is 0.615.